The molecule has 0 unspecified atom stereocenters. The van der Waals surface area contributed by atoms with Crippen LogP contribution in [-0.2, 0) is 31.6 Å². The number of benzene rings is 2. The Balaban J connectivity index is 1.39. The van der Waals surface area contributed by atoms with Gasteiger partial charge in [-0.25, -0.2) is 8.42 Å². The second kappa shape index (κ2) is 11.7. The number of carbonyl (C=O) groups excluding carboxylic acids is 2. The van der Waals surface area contributed by atoms with Crippen molar-refractivity contribution in [3.8, 4) is 5.75 Å². The molecule has 1 atom stereocenters. The van der Waals surface area contributed by atoms with Gasteiger partial charge in [0.25, 0.3) is 0 Å². The topological polar surface area (TPSA) is 96.0 Å². The Morgan fingerprint density at radius 2 is 1.63 bits per heavy atom. The van der Waals surface area contributed by atoms with Crippen LogP contribution in [-0.4, -0.2) is 57.6 Å². The van der Waals surface area contributed by atoms with Gasteiger partial charge in [-0.1, -0.05) is 24.3 Å². The molecule has 2 aromatic rings. The first-order valence-corrected chi connectivity index (χ1v) is 16.6. The predicted octanol–water partition coefficient (Wildman–Crippen LogP) is 4.48. The van der Waals surface area contributed by atoms with E-state index >= 15 is 0 Å². The number of rotatable bonds is 11. The predicted molar refractivity (Wildman–Crippen MR) is 160 cm³/mol. The number of hydrogen-bond acceptors (Lipinski definition) is 5. The number of amides is 2. The molecule has 9 heteroatoms. The van der Waals surface area contributed by atoms with Gasteiger partial charge in [0.1, 0.15) is 18.3 Å². The second-order valence-corrected chi connectivity index (χ2v) is 14.4. The number of anilines is 1. The minimum atomic E-state index is -3.78. The molecule has 8 nitrogen and oxygen atoms in total. The number of hydrogen-bond donors (Lipinski definition) is 1. The normalized spacial score (nSPS) is 25.4. The summed E-state index contributed by atoms with van der Waals surface area (Å²) in [5, 5.41) is 2.78. The van der Waals surface area contributed by atoms with Crippen molar-refractivity contribution in [2.45, 2.75) is 70.4 Å². The Kier molecular flexibility index (Phi) is 8.37. The highest BCUT2D eigenvalue weighted by atomic mass is 32.2. The van der Waals surface area contributed by atoms with Crippen LogP contribution in [0.5, 0.6) is 5.75 Å². The molecule has 4 bridgehead atoms. The van der Waals surface area contributed by atoms with E-state index < -0.39 is 28.5 Å². The zero-order chi connectivity index (χ0) is 29.4. The number of likely N-dealkylation sites (N-methyl/N-ethyl adjacent to an activating group) is 1. The molecule has 0 aromatic heterocycles. The molecular formula is C32H43N3O5S. The Bertz CT molecular complexity index is 1340. The van der Waals surface area contributed by atoms with Gasteiger partial charge in [0, 0.05) is 13.1 Å². The fourth-order valence-corrected chi connectivity index (χ4v) is 8.78. The maximum Gasteiger partial charge on any atom is 0.244 e. The third-order valence-electron chi connectivity index (χ3n) is 9.49. The Hall–Kier alpha value is -3.07. The first-order valence-electron chi connectivity index (χ1n) is 14.8. The van der Waals surface area contributed by atoms with Gasteiger partial charge in [0.2, 0.25) is 21.8 Å². The third-order valence-corrected chi connectivity index (χ3v) is 10.6. The molecule has 2 amide bonds. The lowest BCUT2D eigenvalue weighted by molar-refractivity contribution is -0.139. The zero-order valence-electron chi connectivity index (χ0n) is 24.6. The van der Waals surface area contributed by atoms with E-state index in [-0.39, 0.29) is 17.9 Å². The summed E-state index contributed by atoms with van der Waals surface area (Å²) in [4.78, 5) is 28.0. The molecule has 6 rings (SSSR count). The van der Waals surface area contributed by atoms with E-state index in [1.165, 1.54) is 49.0 Å². The van der Waals surface area contributed by atoms with Crippen molar-refractivity contribution in [3.63, 3.8) is 0 Å². The summed E-state index contributed by atoms with van der Waals surface area (Å²) in [6.45, 7) is 3.64. The minimum Gasteiger partial charge on any atom is -0.497 e. The van der Waals surface area contributed by atoms with E-state index in [1.807, 2.05) is 37.3 Å². The van der Waals surface area contributed by atoms with Crippen LogP contribution in [0.1, 0.15) is 63.5 Å². The number of methoxy groups -OCH3 is 1. The molecule has 41 heavy (non-hydrogen) atoms. The summed E-state index contributed by atoms with van der Waals surface area (Å²) >= 11 is 0. The van der Waals surface area contributed by atoms with Crippen LogP contribution >= 0.6 is 0 Å². The molecule has 4 aliphatic carbocycles. The average molecular weight is 582 g/mol. The number of sulfonamides is 1. The number of nitrogens with zero attached hydrogens (tertiary/aromatic N) is 2. The maximum absolute atomic E-state index is 13.8. The molecular weight excluding hydrogens is 538 g/mol. The van der Waals surface area contributed by atoms with Crippen LogP contribution in [0.4, 0.5) is 5.69 Å². The monoisotopic (exact) mass is 581 g/mol. The lowest BCUT2D eigenvalue weighted by atomic mass is 9.48. The van der Waals surface area contributed by atoms with Gasteiger partial charge in [-0.3, -0.25) is 13.9 Å². The van der Waals surface area contributed by atoms with Gasteiger partial charge >= 0.3 is 0 Å². The quantitative estimate of drug-likeness (QED) is 0.422. The lowest BCUT2D eigenvalue weighted by Crippen LogP contribution is -2.51. The van der Waals surface area contributed by atoms with Gasteiger partial charge in [-0.05, 0) is 111 Å². The van der Waals surface area contributed by atoms with E-state index in [0.717, 1.165) is 33.9 Å². The summed E-state index contributed by atoms with van der Waals surface area (Å²) in [7, 11) is -2.21. The summed E-state index contributed by atoms with van der Waals surface area (Å²) in [5.74, 6) is 2.32. The lowest BCUT2D eigenvalue weighted by Gasteiger charge is -2.57. The van der Waals surface area contributed by atoms with Crippen LogP contribution in [0.25, 0.3) is 0 Å². The van der Waals surface area contributed by atoms with Crippen molar-refractivity contribution in [2.24, 2.45) is 17.8 Å². The molecule has 0 saturated heterocycles. The van der Waals surface area contributed by atoms with E-state index in [0.29, 0.717) is 18.0 Å². The van der Waals surface area contributed by atoms with Crippen molar-refractivity contribution < 1.29 is 22.7 Å². The largest absolute Gasteiger partial charge is 0.497 e. The molecule has 0 aliphatic heterocycles. The molecule has 4 saturated carbocycles. The summed E-state index contributed by atoms with van der Waals surface area (Å²) in [6.07, 6.45) is 8.89. The first-order chi connectivity index (χ1) is 19.5. The van der Waals surface area contributed by atoms with Gasteiger partial charge in [-0.15, -0.1) is 0 Å². The van der Waals surface area contributed by atoms with Crippen LogP contribution < -0.4 is 14.4 Å². The Morgan fingerprint density at radius 1 is 1.02 bits per heavy atom. The number of ether oxygens (including phenoxy) is 1. The number of carbonyl (C=O) groups is 2. The van der Waals surface area contributed by atoms with Crippen molar-refractivity contribution in [3.05, 3.63) is 59.7 Å². The standard InChI is InChI=1S/C32H43N3O5S/c1-5-33-31(37)22(2)34(20-23-7-6-8-29(16-23)40-3)30(36)21-35(41(4,38)39)28-11-9-27(10-12-28)32-17-24-13-25(18-32)15-26(14-24)19-32/h6-12,16,22,24-26H,5,13-15,17-21H2,1-4H3,(H,33,37)/t22-,24?,25?,26?,32?/m1/s1. The molecule has 4 aliphatic rings. The van der Waals surface area contributed by atoms with Crippen molar-refractivity contribution >= 4 is 27.5 Å². The van der Waals surface area contributed by atoms with Gasteiger partial charge in [0.05, 0.1) is 19.1 Å². The summed E-state index contributed by atoms with van der Waals surface area (Å²) < 4.78 is 32.5. The minimum absolute atomic E-state index is 0.136. The van der Waals surface area contributed by atoms with Gasteiger partial charge < -0.3 is 15.0 Å². The molecule has 2 aromatic carbocycles. The zero-order valence-corrected chi connectivity index (χ0v) is 25.5. The smallest absolute Gasteiger partial charge is 0.244 e. The highest BCUT2D eigenvalue weighted by Crippen LogP contribution is 2.60. The van der Waals surface area contributed by atoms with Crippen LogP contribution in [0, 0.1) is 17.8 Å². The molecule has 0 heterocycles. The van der Waals surface area contributed by atoms with E-state index in [9.17, 15) is 18.0 Å². The second-order valence-electron chi connectivity index (χ2n) is 12.5. The van der Waals surface area contributed by atoms with E-state index in [4.69, 9.17) is 4.74 Å². The molecule has 222 valence electrons. The van der Waals surface area contributed by atoms with E-state index in [1.54, 1.807) is 20.1 Å². The van der Waals surface area contributed by atoms with Crippen molar-refractivity contribution in [1.82, 2.24) is 10.2 Å². The summed E-state index contributed by atoms with van der Waals surface area (Å²) in [6, 6.07) is 14.3. The third kappa shape index (κ3) is 6.25. The first kappa shape index (κ1) is 29.4. The van der Waals surface area contributed by atoms with Gasteiger partial charge in [-0.2, -0.15) is 0 Å². The van der Waals surface area contributed by atoms with Gasteiger partial charge in [0.15, 0.2) is 0 Å². The number of nitrogens with one attached hydrogen (secondary N) is 1. The van der Waals surface area contributed by atoms with Crippen molar-refractivity contribution in [2.75, 3.05) is 30.8 Å². The molecule has 0 radical (unpaired) electrons. The van der Waals surface area contributed by atoms with Crippen molar-refractivity contribution in [1.29, 1.82) is 0 Å². The molecule has 0 spiro atoms. The van der Waals surface area contributed by atoms with Crippen LogP contribution in [0.2, 0.25) is 0 Å². The van der Waals surface area contributed by atoms with Crippen LogP contribution in [0.3, 0.4) is 0 Å². The fourth-order valence-electron chi connectivity index (χ4n) is 7.93. The van der Waals surface area contributed by atoms with E-state index in [2.05, 4.69) is 17.4 Å². The Labute approximate surface area is 244 Å². The fraction of sp³-hybridized carbons (Fsp3) is 0.562. The maximum atomic E-state index is 13.8. The summed E-state index contributed by atoms with van der Waals surface area (Å²) in [5.41, 5.74) is 2.74. The molecule has 1 N–H and O–H groups in total. The molecule has 4 fully saturated rings. The average Bonchev–Trinajstić information content (AvgIpc) is 2.93. The highest BCUT2D eigenvalue weighted by molar-refractivity contribution is 7.92. The Morgan fingerprint density at radius 3 is 2.17 bits per heavy atom. The highest BCUT2D eigenvalue weighted by Gasteiger charge is 2.51. The van der Waals surface area contributed by atoms with Crippen LogP contribution in [0.15, 0.2) is 48.5 Å². The SMILES string of the molecule is CCNC(=O)[C@@H](C)N(Cc1cccc(OC)c1)C(=O)CN(c1ccc(C23CC4CC(CC(C4)C2)C3)cc1)S(C)(=O)=O.